The number of hydrogen-bond donors (Lipinski definition) is 2. The average molecular weight is 581 g/mol. The van der Waals surface area contributed by atoms with Crippen LogP contribution < -0.4 is 15.0 Å². The van der Waals surface area contributed by atoms with Crippen LogP contribution in [0.25, 0.3) is 16.6 Å². The number of nitriles is 1. The van der Waals surface area contributed by atoms with Gasteiger partial charge in [-0.25, -0.2) is 9.50 Å². The van der Waals surface area contributed by atoms with Crippen molar-refractivity contribution in [2.45, 2.75) is 57.3 Å². The first-order chi connectivity index (χ1) is 20.1. The van der Waals surface area contributed by atoms with Gasteiger partial charge in [-0.2, -0.15) is 23.5 Å². The van der Waals surface area contributed by atoms with Crippen molar-refractivity contribution < 1.29 is 27.8 Å². The number of pyridine rings is 2. The van der Waals surface area contributed by atoms with E-state index in [2.05, 4.69) is 16.5 Å². The van der Waals surface area contributed by atoms with E-state index in [9.17, 15) is 28.3 Å². The van der Waals surface area contributed by atoms with Gasteiger partial charge in [0, 0.05) is 35.8 Å². The maximum Gasteiger partial charge on any atom is 0.403 e. The zero-order valence-electron chi connectivity index (χ0n) is 23.1. The van der Waals surface area contributed by atoms with Crippen LogP contribution in [0.4, 0.5) is 19.0 Å². The molecule has 0 bridgehead atoms. The van der Waals surface area contributed by atoms with E-state index in [1.165, 1.54) is 6.20 Å². The molecule has 0 radical (unpaired) electrons. The van der Waals surface area contributed by atoms with Crippen LogP contribution in [0.5, 0.6) is 5.75 Å². The van der Waals surface area contributed by atoms with Crippen LogP contribution in [0.3, 0.4) is 0 Å². The second-order valence-corrected chi connectivity index (χ2v) is 11.4. The summed E-state index contributed by atoms with van der Waals surface area (Å²) < 4.78 is 48.7. The Labute approximate surface area is 240 Å². The van der Waals surface area contributed by atoms with E-state index in [1.807, 2.05) is 42.2 Å². The fourth-order valence-electron chi connectivity index (χ4n) is 6.34. The number of halogens is 3. The van der Waals surface area contributed by atoms with Crippen LogP contribution in [0.1, 0.15) is 44.6 Å². The fourth-order valence-corrected chi connectivity index (χ4v) is 6.34. The summed E-state index contributed by atoms with van der Waals surface area (Å²) in [5.41, 5.74) is -0.551. The first kappa shape index (κ1) is 28.0. The molecule has 2 aliphatic carbocycles. The maximum atomic E-state index is 13.8. The molecule has 3 aromatic heterocycles. The predicted molar refractivity (Wildman–Crippen MR) is 148 cm³/mol. The third-order valence-electron chi connectivity index (χ3n) is 9.01. The smallest absolute Gasteiger partial charge is 0.403 e. The van der Waals surface area contributed by atoms with Crippen LogP contribution in [0.15, 0.2) is 48.9 Å². The Morgan fingerprint density at radius 2 is 2.10 bits per heavy atom. The summed E-state index contributed by atoms with van der Waals surface area (Å²) in [4.78, 5) is 19.6. The predicted octanol–water partition coefficient (Wildman–Crippen LogP) is 4.40. The minimum Gasteiger partial charge on any atom is -0.492 e. The Balaban J connectivity index is 1.26. The zero-order chi connectivity index (χ0) is 29.7. The first-order valence-corrected chi connectivity index (χ1v) is 14.1. The number of carbonyl (C=O) groups is 1. The maximum absolute atomic E-state index is 13.8. The molecule has 9 nitrogen and oxygen atoms in total. The molecular weight excluding hydrogens is 549 g/mol. The summed E-state index contributed by atoms with van der Waals surface area (Å²) in [6.07, 6.45) is 3.74. The molecule has 3 aromatic rings. The van der Waals surface area contributed by atoms with E-state index in [0.717, 1.165) is 11.1 Å². The second-order valence-electron chi connectivity index (χ2n) is 11.4. The third-order valence-corrected chi connectivity index (χ3v) is 9.01. The SMILES string of the molecule is CCOc1cc(-c2ccc(N3CC[C@H](NC(=O)C4(C(F)(F)F)CCC4)[C@@H](O)C4(C=CC4)C3)nc2)c2c(C#N)cnn2c1. The summed E-state index contributed by atoms with van der Waals surface area (Å²) in [7, 11) is 0. The van der Waals surface area contributed by atoms with Gasteiger partial charge in [-0.15, -0.1) is 0 Å². The number of rotatable bonds is 6. The molecule has 1 spiro atoms. The van der Waals surface area contributed by atoms with E-state index in [0.29, 0.717) is 55.2 Å². The molecule has 0 aromatic carbocycles. The molecule has 1 aliphatic heterocycles. The molecule has 220 valence electrons. The lowest BCUT2D eigenvalue weighted by atomic mass is 9.66. The van der Waals surface area contributed by atoms with Crippen molar-refractivity contribution in [3.63, 3.8) is 0 Å². The Kier molecular flexibility index (Phi) is 6.88. The van der Waals surface area contributed by atoms with Crippen molar-refractivity contribution in [3.05, 3.63) is 54.5 Å². The van der Waals surface area contributed by atoms with Crippen LogP contribution in [-0.2, 0) is 4.79 Å². The van der Waals surface area contributed by atoms with E-state index in [-0.39, 0.29) is 19.3 Å². The number of anilines is 1. The Bertz CT molecular complexity index is 1570. The molecule has 1 saturated heterocycles. The highest BCUT2D eigenvalue weighted by molar-refractivity contribution is 5.86. The normalized spacial score (nSPS) is 24.9. The molecule has 12 heteroatoms. The lowest BCUT2D eigenvalue weighted by molar-refractivity contribution is -0.243. The van der Waals surface area contributed by atoms with Crippen molar-refractivity contribution in [2.24, 2.45) is 10.8 Å². The molecule has 2 N–H and O–H groups in total. The average Bonchev–Trinajstić information content (AvgIpc) is 3.26. The minimum atomic E-state index is -4.63. The van der Waals surface area contributed by atoms with Gasteiger partial charge in [0.2, 0.25) is 5.91 Å². The first-order valence-electron chi connectivity index (χ1n) is 14.1. The number of amides is 1. The summed E-state index contributed by atoms with van der Waals surface area (Å²) >= 11 is 0. The lowest BCUT2D eigenvalue weighted by Crippen LogP contribution is -2.60. The molecule has 1 unspecified atom stereocenters. The van der Waals surface area contributed by atoms with Gasteiger partial charge in [0.15, 0.2) is 0 Å². The molecule has 6 rings (SSSR count). The van der Waals surface area contributed by atoms with Gasteiger partial charge in [0.05, 0.1) is 42.2 Å². The van der Waals surface area contributed by atoms with E-state index in [1.54, 1.807) is 16.9 Å². The molecule has 1 saturated carbocycles. The summed E-state index contributed by atoms with van der Waals surface area (Å²) in [5.74, 6) is 0.186. The topological polar surface area (TPSA) is 116 Å². The van der Waals surface area contributed by atoms with Gasteiger partial charge in [0.25, 0.3) is 0 Å². The van der Waals surface area contributed by atoms with Gasteiger partial charge in [-0.05, 0) is 50.8 Å². The monoisotopic (exact) mass is 580 g/mol. The van der Waals surface area contributed by atoms with E-state index < -0.39 is 35.1 Å². The number of nitrogens with zero attached hydrogens (tertiary/aromatic N) is 5. The molecule has 2 fully saturated rings. The van der Waals surface area contributed by atoms with Gasteiger partial charge in [-0.3, -0.25) is 4.79 Å². The molecular formula is C30H31F3N6O3. The summed E-state index contributed by atoms with van der Waals surface area (Å²) in [6.45, 7) is 3.13. The third kappa shape index (κ3) is 4.47. The van der Waals surface area contributed by atoms with Gasteiger partial charge in [-0.1, -0.05) is 18.6 Å². The number of allylic oxidation sites excluding steroid dienone is 1. The Morgan fingerprint density at radius 1 is 1.31 bits per heavy atom. The molecule has 1 amide bonds. The molecule has 3 atom stereocenters. The summed E-state index contributed by atoms with van der Waals surface area (Å²) in [6, 6.07) is 6.92. The number of aliphatic hydroxyl groups is 1. The highest BCUT2D eigenvalue weighted by Crippen LogP contribution is 2.53. The largest absolute Gasteiger partial charge is 0.492 e. The van der Waals surface area contributed by atoms with Gasteiger partial charge in [0.1, 0.15) is 23.1 Å². The van der Waals surface area contributed by atoms with E-state index in [4.69, 9.17) is 9.72 Å². The van der Waals surface area contributed by atoms with Crippen molar-refractivity contribution in [3.8, 4) is 22.9 Å². The Hall–Kier alpha value is -4.11. The van der Waals surface area contributed by atoms with Crippen molar-refractivity contribution in [1.82, 2.24) is 19.9 Å². The van der Waals surface area contributed by atoms with Crippen LogP contribution in [-0.4, -0.2) is 63.6 Å². The van der Waals surface area contributed by atoms with Gasteiger partial charge >= 0.3 is 6.18 Å². The summed E-state index contributed by atoms with van der Waals surface area (Å²) in [5, 5.41) is 27.8. The Morgan fingerprint density at radius 3 is 2.67 bits per heavy atom. The standard InChI is InChI=1S/C30H31F3N6O3/c1-2-42-21-13-22(25-20(14-34)16-36-39(25)17-21)19-5-6-24(35-15-19)38-12-7-23(26(40)28(18-38)8-3-9-28)37-27(41)29(10-4-11-29)30(31,32)33/h3,5-6,8,13,15-17,23,26,40H,2,4,7,9-12,18H2,1H3,(H,37,41)/t23-,26+,28?/m0/s1. The number of fused-ring (bicyclic) bond motifs is 1. The second kappa shape index (κ2) is 10.3. The number of hydrogen-bond acceptors (Lipinski definition) is 7. The molecule has 3 aliphatic rings. The number of aliphatic hydroxyl groups excluding tert-OH is 1. The number of aromatic nitrogens is 3. The van der Waals surface area contributed by atoms with Crippen LogP contribution in [0.2, 0.25) is 0 Å². The van der Waals surface area contributed by atoms with Crippen molar-refractivity contribution in [1.29, 1.82) is 5.26 Å². The number of carbonyl (C=O) groups excluding carboxylic acids is 1. The molecule has 4 heterocycles. The molecule has 42 heavy (non-hydrogen) atoms. The van der Waals surface area contributed by atoms with E-state index >= 15 is 0 Å². The lowest BCUT2D eigenvalue weighted by Gasteiger charge is -2.45. The van der Waals surface area contributed by atoms with Crippen LogP contribution in [0, 0.1) is 22.2 Å². The number of ether oxygens (including phenoxy) is 1. The van der Waals surface area contributed by atoms with Crippen molar-refractivity contribution in [2.75, 3.05) is 24.6 Å². The zero-order valence-corrected chi connectivity index (χ0v) is 23.1. The van der Waals surface area contributed by atoms with Crippen molar-refractivity contribution >= 4 is 17.2 Å². The number of nitrogens with one attached hydrogen (secondary N) is 1. The highest BCUT2D eigenvalue weighted by Gasteiger charge is 2.64. The minimum absolute atomic E-state index is 0.229. The number of alkyl halides is 3. The van der Waals surface area contributed by atoms with Gasteiger partial charge < -0.3 is 20.1 Å². The highest BCUT2D eigenvalue weighted by atomic mass is 19.4. The quantitative estimate of drug-likeness (QED) is 0.415. The fraction of sp³-hybridized carbons (Fsp3) is 0.467. The van der Waals surface area contributed by atoms with Crippen LogP contribution >= 0.6 is 0 Å².